The Bertz CT molecular complexity index is 195. The van der Waals surface area contributed by atoms with Crippen LogP contribution in [-0.2, 0) is 9.53 Å². The summed E-state index contributed by atoms with van der Waals surface area (Å²) in [4.78, 5) is 11.4. The van der Waals surface area contributed by atoms with Crippen molar-refractivity contribution >= 4 is 5.97 Å². The molecule has 0 aliphatic carbocycles. The lowest BCUT2D eigenvalue weighted by atomic mass is 10.1. The summed E-state index contributed by atoms with van der Waals surface area (Å²) in [6.45, 7) is 3.59. The van der Waals surface area contributed by atoms with Gasteiger partial charge >= 0.3 is 5.97 Å². The molecule has 0 heterocycles. The summed E-state index contributed by atoms with van der Waals surface area (Å²) in [5.41, 5.74) is 5.41. The second-order valence-corrected chi connectivity index (χ2v) is 5.29. The van der Waals surface area contributed by atoms with Crippen LogP contribution in [0.5, 0.6) is 0 Å². The van der Waals surface area contributed by atoms with E-state index in [0.29, 0.717) is 13.0 Å². The van der Waals surface area contributed by atoms with Crippen LogP contribution in [0, 0.1) is 0 Å². The van der Waals surface area contributed by atoms with E-state index >= 15 is 0 Å². The summed E-state index contributed by atoms with van der Waals surface area (Å²) in [6.07, 6.45) is 13.6. The number of carbonyl (C=O) groups is 1. The van der Waals surface area contributed by atoms with Crippen molar-refractivity contribution in [2.75, 3.05) is 13.2 Å². The summed E-state index contributed by atoms with van der Waals surface area (Å²) in [5, 5.41) is 0. The fourth-order valence-corrected chi connectivity index (χ4v) is 2.08. The molecule has 0 amide bonds. The molecule has 0 fully saturated rings. The lowest BCUT2D eigenvalue weighted by molar-refractivity contribution is -0.143. The Kier molecular flexibility index (Phi) is 15.0. The molecule has 0 spiro atoms. The minimum absolute atomic E-state index is 0.0290. The molecule has 3 nitrogen and oxygen atoms in total. The van der Waals surface area contributed by atoms with Crippen LogP contribution in [0.4, 0.5) is 0 Å². The highest BCUT2D eigenvalue weighted by Gasteiger charge is 2.02. The molecule has 0 radical (unpaired) electrons. The maximum atomic E-state index is 11.4. The normalized spacial score (nSPS) is 10.6. The van der Waals surface area contributed by atoms with Crippen molar-refractivity contribution in [3.63, 3.8) is 0 Å². The van der Waals surface area contributed by atoms with E-state index in [1.807, 2.05) is 0 Å². The van der Waals surface area contributed by atoms with Crippen molar-refractivity contribution in [1.29, 1.82) is 0 Å². The smallest absolute Gasteiger partial charge is 0.305 e. The van der Waals surface area contributed by atoms with Crippen LogP contribution in [0.25, 0.3) is 0 Å². The van der Waals surface area contributed by atoms with Gasteiger partial charge in [0.15, 0.2) is 0 Å². The van der Waals surface area contributed by atoms with Crippen molar-refractivity contribution in [3.8, 4) is 0 Å². The lowest BCUT2D eigenvalue weighted by Gasteiger charge is -2.05. The monoisotopic (exact) mass is 271 g/mol. The van der Waals surface area contributed by atoms with Gasteiger partial charge in [-0.3, -0.25) is 4.79 Å². The molecule has 19 heavy (non-hydrogen) atoms. The quantitative estimate of drug-likeness (QED) is 0.381. The van der Waals surface area contributed by atoms with Crippen LogP contribution in [0.15, 0.2) is 0 Å². The molecule has 114 valence electrons. The number of hydrogen-bond acceptors (Lipinski definition) is 3. The minimum atomic E-state index is -0.0290. The van der Waals surface area contributed by atoms with Gasteiger partial charge in [0, 0.05) is 6.42 Å². The second-order valence-electron chi connectivity index (χ2n) is 5.29. The van der Waals surface area contributed by atoms with Crippen LogP contribution in [0.1, 0.15) is 84.0 Å². The van der Waals surface area contributed by atoms with E-state index in [0.717, 1.165) is 38.6 Å². The first-order valence-electron chi connectivity index (χ1n) is 8.17. The molecule has 0 aromatic heterocycles. The van der Waals surface area contributed by atoms with Gasteiger partial charge in [-0.2, -0.15) is 0 Å². The van der Waals surface area contributed by atoms with Crippen LogP contribution in [0.3, 0.4) is 0 Å². The summed E-state index contributed by atoms with van der Waals surface area (Å²) >= 11 is 0. The maximum absolute atomic E-state index is 11.4. The summed E-state index contributed by atoms with van der Waals surface area (Å²) < 4.78 is 5.21. The topological polar surface area (TPSA) is 52.3 Å². The van der Waals surface area contributed by atoms with Gasteiger partial charge in [-0.05, 0) is 25.8 Å². The Morgan fingerprint density at radius 3 is 2.11 bits per heavy atom. The number of nitrogens with two attached hydrogens (primary N) is 1. The average Bonchev–Trinajstić information content (AvgIpc) is 2.41. The third-order valence-electron chi connectivity index (χ3n) is 3.35. The van der Waals surface area contributed by atoms with E-state index in [-0.39, 0.29) is 5.97 Å². The number of hydrogen-bond donors (Lipinski definition) is 1. The van der Waals surface area contributed by atoms with Gasteiger partial charge in [0.1, 0.15) is 0 Å². The van der Waals surface area contributed by atoms with E-state index in [2.05, 4.69) is 6.92 Å². The molecule has 0 atom stereocenters. The van der Waals surface area contributed by atoms with Crippen molar-refractivity contribution in [2.24, 2.45) is 5.73 Å². The molecule has 0 aromatic rings. The first-order chi connectivity index (χ1) is 9.31. The van der Waals surface area contributed by atoms with Crippen molar-refractivity contribution < 1.29 is 9.53 Å². The molecule has 0 aliphatic rings. The zero-order chi connectivity index (χ0) is 14.2. The third-order valence-corrected chi connectivity index (χ3v) is 3.35. The van der Waals surface area contributed by atoms with Crippen LogP contribution >= 0.6 is 0 Å². The third kappa shape index (κ3) is 15.4. The van der Waals surface area contributed by atoms with Crippen molar-refractivity contribution in [2.45, 2.75) is 84.0 Å². The second kappa shape index (κ2) is 15.5. The van der Waals surface area contributed by atoms with Gasteiger partial charge in [0.2, 0.25) is 0 Å². The number of ether oxygens (including phenoxy) is 1. The summed E-state index contributed by atoms with van der Waals surface area (Å²) in [6, 6.07) is 0. The molecule has 0 aliphatic heterocycles. The van der Waals surface area contributed by atoms with Gasteiger partial charge in [0.05, 0.1) is 6.61 Å². The number of unbranched alkanes of at least 4 members (excludes halogenated alkanes) is 9. The molecule has 0 unspecified atom stereocenters. The fraction of sp³-hybridized carbons (Fsp3) is 0.938. The first kappa shape index (κ1) is 18.4. The molecular formula is C16H33NO2. The Balaban J connectivity index is 3.12. The predicted octanol–water partition coefficient (Wildman–Crippen LogP) is 4.19. The van der Waals surface area contributed by atoms with Gasteiger partial charge in [0.25, 0.3) is 0 Å². The maximum Gasteiger partial charge on any atom is 0.305 e. The Morgan fingerprint density at radius 1 is 0.842 bits per heavy atom. The lowest BCUT2D eigenvalue weighted by Crippen LogP contribution is -2.05. The molecule has 2 N–H and O–H groups in total. The van der Waals surface area contributed by atoms with E-state index in [1.54, 1.807) is 0 Å². The highest BCUT2D eigenvalue weighted by Crippen LogP contribution is 2.07. The first-order valence-corrected chi connectivity index (χ1v) is 8.17. The van der Waals surface area contributed by atoms with E-state index in [1.165, 1.54) is 38.5 Å². The largest absolute Gasteiger partial charge is 0.466 e. The molecule has 0 bridgehead atoms. The van der Waals surface area contributed by atoms with E-state index in [9.17, 15) is 4.79 Å². The van der Waals surface area contributed by atoms with Gasteiger partial charge < -0.3 is 10.5 Å². The molecule has 3 heteroatoms. The van der Waals surface area contributed by atoms with Crippen LogP contribution < -0.4 is 5.73 Å². The van der Waals surface area contributed by atoms with E-state index in [4.69, 9.17) is 10.5 Å². The SMILES string of the molecule is CCCCCCCCCOC(=O)CCCCCCN. The molecule has 0 saturated carbocycles. The van der Waals surface area contributed by atoms with Crippen LogP contribution in [-0.4, -0.2) is 19.1 Å². The Hall–Kier alpha value is -0.570. The molecule has 0 saturated heterocycles. The minimum Gasteiger partial charge on any atom is -0.466 e. The summed E-state index contributed by atoms with van der Waals surface area (Å²) in [7, 11) is 0. The zero-order valence-corrected chi connectivity index (χ0v) is 12.8. The Labute approximate surface area is 119 Å². The van der Waals surface area contributed by atoms with Crippen molar-refractivity contribution in [3.05, 3.63) is 0 Å². The zero-order valence-electron chi connectivity index (χ0n) is 12.8. The highest BCUT2D eigenvalue weighted by atomic mass is 16.5. The molecule has 0 rings (SSSR count). The molecular weight excluding hydrogens is 238 g/mol. The van der Waals surface area contributed by atoms with E-state index < -0.39 is 0 Å². The van der Waals surface area contributed by atoms with Crippen LogP contribution in [0.2, 0.25) is 0 Å². The van der Waals surface area contributed by atoms with Gasteiger partial charge in [-0.15, -0.1) is 0 Å². The van der Waals surface area contributed by atoms with Gasteiger partial charge in [-0.1, -0.05) is 58.3 Å². The highest BCUT2D eigenvalue weighted by molar-refractivity contribution is 5.69. The molecule has 0 aromatic carbocycles. The number of esters is 1. The van der Waals surface area contributed by atoms with Crippen molar-refractivity contribution in [1.82, 2.24) is 0 Å². The predicted molar refractivity (Wildman–Crippen MR) is 81.1 cm³/mol. The number of rotatable bonds is 14. The Morgan fingerprint density at radius 2 is 1.42 bits per heavy atom. The summed E-state index contributed by atoms with van der Waals surface area (Å²) in [5.74, 6) is -0.0290. The van der Waals surface area contributed by atoms with Gasteiger partial charge in [-0.25, -0.2) is 0 Å². The average molecular weight is 271 g/mol. The standard InChI is InChI=1S/C16H33NO2/c1-2-3-4-5-6-9-12-15-19-16(18)13-10-7-8-11-14-17/h2-15,17H2,1H3. The number of carbonyl (C=O) groups excluding carboxylic acids is 1. The fourth-order valence-electron chi connectivity index (χ4n) is 2.08.